The molecule has 0 heterocycles. The highest BCUT2D eigenvalue weighted by Crippen LogP contribution is 2.49. The van der Waals surface area contributed by atoms with E-state index in [0.29, 0.717) is 0 Å². The minimum atomic E-state index is -4.51. The van der Waals surface area contributed by atoms with Crippen molar-refractivity contribution in [3.63, 3.8) is 0 Å². The first-order chi connectivity index (χ1) is 8.27. The van der Waals surface area contributed by atoms with E-state index in [-0.39, 0.29) is 17.3 Å². The number of benzene rings is 1. The number of carbonyl (C=O) groups excluding carboxylic acids is 1. The first-order valence-corrected chi connectivity index (χ1v) is 5.89. The number of halogens is 5. The zero-order valence-electron chi connectivity index (χ0n) is 8.94. The lowest BCUT2D eigenvalue weighted by Crippen LogP contribution is -2.48. The van der Waals surface area contributed by atoms with Crippen LogP contribution in [0.15, 0.2) is 22.7 Å². The third-order valence-electron chi connectivity index (χ3n) is 2.84. The van der Waals surface area contributed by atoms with E-state index < -0.39 is 29.0 Å². The summed E-state index contributed by atoms with van der Waals surface area (Å²) in [6.07, 6.45) is -4.86. The van der Waals surface area contributed by atoms with Gasteiger partial charge >= 0.3 is 6.18 Å². The molecule has 2 nitrogen and oxygen atoms in total. The second-order valence-corrected chi connectivity index (χ2v) is 4.98. The maximum Gasteiger partial charge on any atom is 0.411 e. The Hall–Kier alpha value is -1.11. The van der Waals surface area contributed by atoms with Crippen molar-refractivity contribution in [2.75, 3.05) is 0 Å². The number of alkyl halides is 3. The average Bonchev–Trinajstić information content (AvgIpc) is 2.97. The molecule has 98 valence electrons. The van der Waals surface area contributed by atoms with Crippen molar-refractivity contribution in [1.82, 2.24) is 5.32 Å². The van der Waals surface area contributed by atoms with E-state index in [0.717, 1.165) is 6.07 Å². The maximum absolute atomic E-state index is 13.4. The quantitative estimate of drug-likeness (QED) is 0.829. The van der Waals surface area contributed by atoms with Crippen molar-refractivity contribution in [1.29, 1.82) is 0 Å². The summed E-state index contributed by atoms with van der Waals surface area (Å²) in [6, 6.07) is 3.77. The number of rotatable bonds is 2. The van der Waals surface area contributed by atoms with Crippen LogP contribution in [0.1, 0.15) is 23.2 Å². The molecule has 2 rings (SSSR count). The predicted molar refractivity (Wildman–Crippen MR) is 59.6 cm³/mol. The van der Waals surface area contributed by atoms with Crippen LogP contribution >= 0.6 is 15.9 Å². The van der Waals surface area contributed by atoms with Gasteiger partial charge in [0.2, 0.25) is 0 Å². The molecule has 0 bridgehead atoms. The first-order valence-electron chi connectivity index (χ1n) is 5.10. The van der Waals surface area contributed by atoms with Crippen LogP contribution in [-0.4, -0.2) is 17.6 Å². The molecular weight excluding hydrogens is 318 g/mol. The fraction of sp³-hybridized carbons (Fsp3) is 0.364. The standard InChI is InChI=1S/C11H8BrF4NO/c12-6-2-1-3-7(13)8(6)9(18)17-10(4-5-10)11(14,15)16/h1-3H,4-5H2,(H,17,18). The SMILES string of the molecule is O=C(NC1(C(F)(F)F)CC1)c1c(F)cccc1Br. The van der Waals surface area contributed by atoms with Crippen molar-refractivity contribution in [2.24, 2.45) is 0 Å². The van der Waals surface area contributed by atoms with Gasteiger partial charge in [-0.1, -0.05) is 6.07 Å². The average molecular weight is 326 g/mol. The summed E-state index contributed by atoms with van der Waals surface area (Å²) in [4.78, 5) is 11.7. The summed E-state index contributed by atoms with van der Waals surface area (Å²) < 4.78 is 51.5. The fourth-order valence-corrected chi connectivity index (χ4v) is 2.12. The fourth-order valence-electron chi connectivity index (χ4n) is 1.60. The van der Waals surface area contributed by atoms with Gasteiger partial charge in [-0.3, -0.25) is 4.79 Å². The molecule has 0 atom stereocenters. The molecule has 0 aliphatic heterocycles. The molecular formula is C11H8BrF4NO. The molecule has 1 aromatic carbocycles. The van der Waals surface area contributed by atoms with Gasteiger partial charge in [0, 0.05) is 4.47 Å². The van der Waals surface area contributed by atoms with Crippen molar-refractivity contribution >= 4 is 21.8 Å². The van der Waals surface area contributed by atoms with Crippen molar-refractivity contribution < 1.29 is 22.4 Å². The Labute approximate surface area is 108 Å². The van der Waals surface area contributed by atoms with Gasteiger partial charge in [0.25, 0.3) is 5.91 Å². The summed E-state index contributed by atoms with van der Waals surface area (Å²) >= 11 is 2.94. The van der Waals surface area contributed by atoms with Crippen LogP contribution in [0.2, 0.25) is 0 Å². The van der Waals surface area contributed by atoms with Gasteiger partial charge in [-0.15, -0.1) is 0 Å². The summed E-state index contributed by atoms with van der Waals surface area (Å²) in [5.74, 6) is -1.92. The third-order valence-corrected chi connectivity index (χ3v) is 3.50. The molecule has 1 aromatic rings. The van der Waals surface area contributed by atoms with Crippen molar-refractivity contribution in [2.45, 2.75) is 24.6 Å². The number of nitrogens with one attached hydrogen (secondary N) is 1. The Bertz CT molecular complexity index is 476. The highest BCUT2D eigenvalue weighted by atomic mass is 79.9. The summed E-state index contributed by atoms with van der Waals surface area (Å²) in [5, 5.41) is 1.87. The van der Waals surface area contributed by atoms with E-state index in [2.05, 4.69) is 15.9 Å². The van der Waals surface area contributed by atoms with E-state index in [1.807, 2.05) is 5.32 Å². The molecule has 0 saturated heterocycles. The summed E-state index contributed by atoms with van der Waals surface area (Å²) in [7, 11) is 0. The van der Waals surface area contributed by atoms with Gasteiger partial charge in [0.15, 0.2) is 0 Å². The van der Waals surface area contributed by atoms with Crippen LogP contribution in [0.3, 0.4) is 0 Å². The maximum atomic E-state index is 13.4. The Morgan fingerprint density at radius 2 is 1.94 bits per heavy atom. The lowest BCUT2D eigenvalue weighted by molar-refractivity contribution is -0.163. The van der Waals surface area contributed by atoms with Gasteiger partial charge in [-0.25, -0.2) is 4.39 Å². The zero-order valence-corrected chi connectivity index (χ0v) is 10.5. The van der Waals surface area contributed by atoms with Crippen molar-refractivity contribution in [3.05, 3.63) is 34.1 Å². The monoisotopic (exact) mass is 325 g/mol. The smallest absolute Gasteiger partial charge is 0.338 e. The van der Waals surface area contributed by atoms with Gasteiger partial charge in [0.1, 0.15) is 11.4 Å². The molecule has 1 amide bonds. The largest absolute Gasteiger partial charge is 0.411 e. The molecule has 18 heavy (non-hydrogen) atoms. The molecule has 1 N–H and O–H groups in total. The predicted octanol–water partition coefficient (Wildman–Crippen LogP) is 3.41. The number of amides is 1. The zero-order chi connectivity index (χ0) is 13.6. The van der Waals surface area contributed by atoms with Crippen LogP contribution in [0.25, 0.3) is 0 Å². The van der Waals surface area contributed by atoms with E-state index in [9.17, 15) is 22.4 Å². The second kappa shape index (κ2) is 4.22. The van der Waals surface area contributed by atoms with Gasteiger partial charge in [-0.05, 0) is 40.9 Å². The highest BCUT2D eigenvalue weighted by Gasteiger charge is 2.64. The van der Waals surface area contributed by atoms with E-state index in [4.69, 9.17) is 0 Å². The minimum absolute atomic E-state index is 0.123. The molecule has 1 aliphatic carbocycles. The minimum Gasteiger partial charge on any atom is -0.338 e. The summed E-state index contributed by atoms with van der Waals surface area (Å²) in [5.41, 5.74) is -2.60. The van der Waals surface area contributed by atoms with E-state index in [1.54, 1.807) is 0 Å². The Morgan fingerprint density at radius 1 is 1.33 bits per heavy atom. The van der Waals surface area contributed by atoms with Crippen LogP contribution in [0.4, 0.5) is 17.6 Å². The lowest BCUT2D eigenvalue weighted by Gasteiger charge is -2.21. The normalized spacial score (nSPS) is 17.4. The van der Waals surface area contributed by atoms with Gasteiger partial charge in [0.05, 0.1) is 5.56 Å². The van der Waals surface area contributed by atoms with Crippen LogP contribution < -0.4 is 5.32 Å². The topological polar surface area (TPSA) is 29.1 Å². The Kier molecular flexibility index (Phi) is 3.12. The van der Waals surface area contributed by atoms with Crippen molar-refractivity contribution in [3.8, 4) is 0 Å². The van der Waals surface area contributed by atoms with Crippen LogP contribution in [0, 0.1) is 5.82 Å². The molecule has 0 aromatic heterocycles. The first kappa shape index (κ1) is 13.3. The second-order valence-electron chi connectivity index (χ2n) is 4.13. The highest BCUT2D eigenvalue weighted by molar-refractivity contribution is 9.10. The van der Waals surface area contributed by atoms with Crippen LogP contribution in [-0.2, 0) is 0 Å². The van der Waals surface area contributed by atoms with E-state index in [1.165, 1.54) is 12.1 Å². The van der Waals surface area contributed by atoms with E-state index >= 15 is 0 Å². The van der Waals surface area contributed by atoms with Gasteiger partial charge < -0.3 is 5.32 Å². The molecule has 0 radical (unpaired) electrons. The molecule has 1 fully saturated rings. The number of hydrogen-bond donors (Lipinski definition) is 1. The third kappa shape index (κ3) is 2.23. The summed E-state index contributed by atoms with van der Waals surface area (Å²) in [6.45, 7) is 0. The lowest BCUT2D eigenvalue weighted by atomic mass is 10.1. The van der Waals surface area contributed by atoms with Crippen LogP contribution in [0.5, 0.6) is 0 Å². The Balaban J connectivity index is 2.24. The molecule has 1 aliphatic rings. The number of carbonyl (C=O) groups is 1. The molecule has 0 spiro atoms. The molecule has 1 saturated carbocycles. The molecule has 7 heteroatoms. The molecule has 0 unspecified atom stereocenters. The van der Waals surface area contributed by atoms with Gasteiger partial charge in [-0.2, -0.15) is 13.2 Å². The Morgan fingerprint density at radius 3 is 2.39 bits per heavy atom. The number of hydrogen-bond acceptors (Lipinski definition) is 1.